The lowest BCUT2D eigenvalue weighted by atomic mass is 9.55. The van der Waals surface area contributed by atoms with E-state index in [-0.39, 0.29) is 23.7 Å². The standard InChI is InChI=1S/C35H26ClN3O2/c1-20-27(22-11-7-9-17-29(22)38(20)19-21-10-2-8-16-28(21)36)18-37-39-34(40)32-30-23-12-3-4-13-24(23)31(33(32)35(39)41)26-15-6-5-14-25(26)30/h2-18,30-33H,19H2,1H3/b37-18-/t30?,31?,32-,33+. The smallest absolute Gasteiger partial charge is 0.254 e. The number of imide groups is 1. The van der Waals surface area contributed by atoms with Gasteiger partial charge in [0, 0.05) is 45.6 Å². The number of halogens is 1. The van der Waals surface area contributed by atoms with Crippen molar-refractivity contribution in [2.24, 2.45) is 16.9 Å². The lowest BCUT2D eigenvalue weighted by Crippen LogP contribution is -2.41. The zero-order chi connectivity index (χ0) is 27.8. The Morgan fingerprint density at radius 1 is 0.732 bits per heavy atom. The van der Waals surface area contributed by atoms with Crippen LogP contribution in [-0.2, 0) is 16.1 Å². The predicted octanol–water partition coefficient (Wildman–Crippen LogP) is 6.88. The molecule has 1 aliphatic heterocycles. The molecule has 0 spiro atoms. The molecule has 1 saturated heterocycles. The van der Waals surface area contributed by atoms with Crippen molar-refractivity contribution in [3.63, 3.8) is 0 Å². The number of benzene rings is 4. The highest BCUT2D eigenvalue weighted by molar-refractivity contribution is 6.31. The number of amides is 2. The molecule has 9 rings (SSSR count). The van der Waals surface area contributed by atoms with Gasteiger partial charge < -0.3 is 4.57 Å². The molecule has 4 aromatic carbocycles. The number of aromatic nitrogens is 1. The van der Waals surface area contributed by atoms with Crippen molar-refractivity contribution < 1.29 is 9.59 Å². The summed E-state index contributed by atoms with van der Waals surface area (Å²) < 4.78 is 2.21. The molecule has 200 valence electrons. The molecule has 4 aliphatic rings. The van der Waals surface area contributed by atoms with E-state index in [0.29, 0.717) is 11.6 Å². The van der Waals surface area contributed by atoms with Crippen LogP contribution in [0.2, 0.25) is 5.02 Å². The van der Waals surface area contributed by atoms with E-state index >= 15 is 0 Å². The molecule has 41 heavy (non-hydrogen) atoms. The van der Waals surface area contributed by atoms with Crippen LogP contribution in [0.15, 0.2) is 102 Å². The number of carbonyl (C=O) groups excluding carboxylic acids is 2. The summed E-state index contributed by atoms with van der Waals surface area (Å²) in [6.45, 7) is 2.64. The zero-order valence-corrected chi connectivity index (χ0v) is 23.1. The monoisotopic (exact) mass is 555 g/mol. The third-order valence-electron chi connectivity index (χ3n) is 9.29. The minimum absolute atomic E-state index is 0.145. The summed E-state index contributed by atoms with van der Waals surface area (Å²) in [6.07, 6.45) is 1.69. The summed E-state index contributed by atoms with van der Waals surface area (Å²) in [7, 11) is 0. The van der Waals surface area contributed by atoms with Crippen molar-refractivity contribution in [2.75, 3.05) is 0 Å². The van der Waals surface area contributed by atoms with Crippen LogP contribution >= 0.6 is 11.6 Å². The van der Waals surface area contributed by atoms with Gasteiger partial charge in [-0.25, -0.2) is 0 Å². The van der Waals surface area contributed by atoms with Crippen LogP contribution in [-0.4, -0.2) is 27.6 Å². The summed E-state index contributed by atoms with van der Waals surface area (Å²) in [5.41, 5.74) is 8.56. The quantitative estimate of drug-likeness (QED) is 0.179. The van der Waals surface area contributed by atoms with E-state index in [4.69, 9.17) is 11.6 Å². The molecular weight excluding hydrogens is 530 g/mol. The molecule has 2 amide bonds. The first-order valence-electron chi connectivity index (χ1n) is 13.9. The second-order valence-electron chi connectivity index (χ2n) is 11.2. The first-order valence-corrected chi connectivity index (χ1v) is 14.3. The number of hydrogen-bond donors (Lipinski definition) is 0. The molecule has 0 radical (unpaired) electrons. The molecule has 5 nitrogen and oxygen atoms in total. The van der Waals surface area contributed by atoms with Gasteiger partial charge in [-0.2, -0.15) is 10.1 Å². The SMILES string of the molecule is Cc1c(/C=N\N2C(=O)[C@@H]3C4c5ccccc5C(c5ccccc54)[C@@H]3C2=O)c2ccccc2n1Cc1ccccc1Cl. The lowest BCUT2D eigenvalue weighted by Gasteiger charge is -2.45. The number of hydrogen-bond acceptors (Lipinski definition) is 3. The van der Waals surface area contributed by atoms with E-state index in [0.717, 1.165) is 55.0 Å². The van der Waals surface area contributed by atoms with Crippen LogP contribution in [0.25, 0.3) is 10.9 Å². The van der Waals surface area contributed by atoms with E-state index in [1.54, 1.807) is 6.21 Å². The maximum absolute atomic E-state index is 14.0. The normalized spacial score (nSPS) is 22.4. The van der Waals surface area contributed by atoms with Crippen molar-refractivity contribution in [2.45, 2.75) is 25.3 Å². The highest BCUT2D eigenvalue weighted by atomic mass is 35.5. The molecule has 1 aromatic heterocycles. The fraction of sp³-hybridized carbons (Fsp3) is 0.171. The predicted molar refractivity (Wildman–Crippen MR) is 160 cm³/mol. The number of rotatable bonds is 4. The zero-order valence-electron chi connectivity index (χ0n) is 22.4. The molecular formula is C35H26ClN3O2. The van der Waals surface area contributed by atoms with E-state index in [1.165, 1.54) is 0 Å². The number of carbonyl (C=O) groups is 2. The van der Waals surface area contributed by atoms with Crippen LogP contribution in [0.4, 0.5) is 0 Å². The molecule has 5 aromatic rings. The van der Waals surface area contributed by atoms with E-state index < -0.39 is 11.8 Å². The molecule has 0 saturated carbocycles. The molecule has 0 unspecified atom stereocenters. The van der Waals surface area contributed by atoms with Crippen molar-refractivity contribution in [3.8, 4) is 0 Å². The van der Waals surface area contributed by atoms with Crippen LogP contribution in [0, 0.1) is 18.8 Å². The Hall–Kier alpha value is -4.48. The highest BCUT2D eigenvalue weighted by Crippen LogP contribution is 2.61. The van der Waals surface area contributed by atoms with Crippen LogP contribution in [0.5, 0.6) is 0 Å². The van der Waals surface area contributed by atoms with Crippen molar-refractivity contribution in [3.05, 3.63) is 141 Å². The van der Waals surface area contributed by atoms with Crippen molar-refractivity contribution in [1.29, 1.82) is 0 Å². The third kappa shape index (κ3) is 3.39. The largest absolute Gasteiger partial charge is 0.340 e. The van der Waals surface area contributed by atoms with Gasteiger partial charge in [-0.15, -0.1) is 0 Å². The Morgan fingerprint density at radius 2 is 1.24 bits per heavy atom. The van der Waals surface area contributed by atoms with E-state index in [9.17, 15) is 9.59 Å². The fourth-order valence-electron chi connectivity index (χ4n) is 7.51. The average molecular weight is 556 g/mol. The number of nitrogens with zero attached hydrogens (tertiary/aromatic N) is 3. The van der Waals surface area contributed by atoms with Gasteiger partial charge in [0.05, 0.1) is 18.1 Å². The van der Waals surface area contributed by atoms with Gasteiger partial charge in [0.25, 0.3) is 11.8 Å². The van der Waals surface area contributed by atoms with Crippen LogP contribution in [0.3, 0.4) is 0 Å². The Labute approximate surface area is 242 Å². The van der Waals surface area contributed by atoms with Crippen molar-refractivity contribution >= 4 is 40.5 Å². The Kier molecular flexibility index (Phi) is 5.35. The third-order valence-corrected chi connectivity index (χ3v) is 9.66. The van der Waals surface area contributed by atoms with E-state index in [1.807, 2.05) is 73.7 Å². The Morgan fingerprint density at radius 3 is 1.83 bits per heavy atom. The first-order chi connectivity index (χ1) is 20.0. The Balaban J connectivity index is 1.20. The summed E-state index contributed by atoms with van der Waals surface area (Å²) in [5.74, 6) is -1.61. The van der Waals surface area contributed by atoms with Crippen LogP contribution in [0.1, 0.15) is 50.9 Å². The average Bonchev–Trinajstić information content (AvgIpc) is 3.42. The minimum atomic E-state index is -0.447. The first kappa shape index (κ1) is 24.3. The number of fused-ring (bicyclic) bond motifs is 1. The number of para-hydroxylation sites is 1. The molecule has 2 atom stereocenters. The summed E-state index contributed by atoms with van der Waals surface area (Å²) >= 11 is 6.50. The van der Waals surface area contributed by atoms with Gasteiger partial charge in [0.2, 0.25) is 0 Å². The summed E-state index contributed by atoms with van der Waals surface area (Å²) in [6, 6.07) is 32.5. The second kappa shape index (κ2) is 9.02. The fourth-order valence-corrected chi connectivity index (χ4v) is 7.71. The lowest BCUT2D eigenvalue weighted by molar-refractivity contribution is -0.139. The second-order valence-corrected chi connectivity index (χ2v) is 11.6. The number of hydrazone groups is 1. The van der Waals surface area contributed by atoms with Gasteiger partial charge >= 0.3 is 0 Å². The highest BCUT2D eigenvalue weighted by Gasteiger charge is 2.61. The summed E-state index contributed by atoms with van der Waals surface area (Å²) in [5, 5.41) is 7.49. The van der Waals surface area contributed by atoms with Gasteiger partial charge in [-0.05, 0) is 46.9 Å². The minimum Gasteiger partial charge on any atom is -0.340 e. The summed E-state index contributed by atoms with van der Waals surface area (Å²) in [4.78, 5) is 28.0. The molecule has 3 aliphatic carbocycles. The maximum atomic E-state index is 14.0. The molecule has 1 fully saturated rings. The van der Waals surface area contributed by atoms with Gasteiger partial charge in [0.1, 0.15) is 0 Å². The van der Waals surface area contributed by atoms with Gasteiger partial charge in [-0.3, -0.25) is 9.59 Å². The van der Waals surface area contributed by atoms with Crippen molar-refractivity contribution in [1.82, 2.24) is 9.58 Å². The molecule has 6 heteroatoms. The molecule has 2 bridgehead atoms. The Bertz CT molecular complexity index is 1820. The van der Waals surface area contributed by atoms with Gasteiger partial charge in [0.15, 0.2) is 0 Å². The topological polar surface area (TPSA) is 54.7 Å². The van der Waals surface area contributed by atoms with Crippen LogP contribution < -0.4 is 0 Å². The maximum Gasteiger partial charge on any atom is 0.254 e. The van der Waals surface area contributed by atoms with E-state index in [2.05, 4.69) is 40.0 Å². The van der Waals surface area contributed by atoms with Gasteiger partial charge in [-0.1, -0.05) is 96.5 Å². The molecule has 2 heterocycles. The molecule has 0 N–H and O–H groups in total.